The number of aryl methyl sites for hydroxylation is 1. The lowest BCUT2D eigenvalue weighted by molar-refractivity contribution is -0.134. The Bertz CT molecular complexity index is 1920. The molecule has 0 unspecified atom stereocenters. The molecule has 5 atom stereocenters. The summed E-state index contributed by atoms with van der Waals surface area (Å²) in [5.74, 6) is -2.83. The lowest BCUT2D eigenvalue weighted by Gasteiger charge is -2.25. The summed E-state index contributed by atoms with van der Waals surface area (Å²) in [5.41, 5.74) is 16.2. The summed E-state index contributed by atoms with van der Waals surface area (Å²) in [4.78, 5) is 81.4. The van der Waals surface area contributed by atoms with Gasteiger partial charge in [0.25, 0.3) is 0 Å². The van der Waals surface area contributed by atoms with Crippen molar-refractivity contribution >= 4 is 41.7 Å². The highest BCUT2D eigenvalue weighted by molar-refractivity contribution is 6.57. The Morgan fingerprint density at radius 3 is 1.78 bits per heavy atom. The minimum absolute atomic E-state index is 0.0471. The predicted octanol–water partition coefficient (Wildman–Crippen LogP) is 8.50. The quantitative estimate of drug-likeness (QED) is 0.0232. The molecule has 0 heterocycles. The number of hydrogen-bond donors (Lipinski definition) is 5. The van der Waals surface area contributed by atoms with Crippen LogP contribution in [-0.2, 0) is 36.8 Å². The number of aromatic hydroxyl groups is 1. The minimum atomic E-state index is -1.03. The maximum Gasteiger partial charge on any atom is 0.224 e. The lowest BCUT2D eigenvalue weighted by Crippen LogP contribution is -2.47. The van der Waals surface area contributed by atoms with Crippen LogP contribution in [0, 0.1) is 11.8 Å². The van der Waals surface area contributed by atoms with Gasteiger partial charge in [-0.3, -0.25) is 28.8 Å². The van der Waals surface area contributed by atoms with Gasteiger partial charge in [-0.2, -0.15) is 0 Å². The number of carbonyl (C=O) groups excluding carboxylic acids is 6. The number of hydrogen-bond acceptors (Lipinski definition) is 9. The number of nitrogens with one attached hydrogen (secondary N) is 2. The molecule has 348 valence electrons. The molecule has 0 aliphatic rings. The second kappa shape index (κ2) is 28.8. The van der Waals surface area contributed by atoms with E-state index in [-0.39, 0.29) is 66.8 Å². The number of ketones is 4. The number of unbranched alkanes of at least 4 members (excludes halogenated alkanes) is 3. The third kappa shape index (κ3) is 19.0. The number of nitrogens with two attached hydrogens (primary N) is 2. The molecule has 12 heteroatoms. The van der Waals surface area contributed by atoms with E-state index in [1.165, 1.54) is 17.7 Å². The number of Topliss-reactive ketones (excluding diaryl/α,β-unsaturated/α-hetero) is 4. The molecule has 7 N–H and O–H groups in total. The molecule has 0 aliphatic carbocycles. The highest BCUT2D eigenvalue weighted by Crippen LogP contribution is 2.24. The van der Waals surface area contributed by atoms with E-state index in [0.29, 0.717) is 75.9 Å². The van der Waals surface area contributed by atoms with Crippen molar-refractivity contribution in [2.75, 3.05) is 13.1 Å². The SMILES string of the molecule is CCCCc1ccc(-c2ccc(C(=O)CCCC(=O)C[C@@H](CCCCN)C(=O)N[C@@H](Cc3ccc(O)cc3)C(=O)C[C@@H](C)C(=O)N[C@@H](CCCCN)C(=O)C[C@@H](C)B(C)C)cc2)cc1. The third-order valence-electron chi connectivity index (χ3n) is 12.4. The van der Waals surface area contributed by atoms with Crippen LogP contribution < -0.4 is 22.1 Å². The van der Waals surface area contributed by atoms with Crippen molar-refractivity contribution in [1.82, 2.24) is 10.6 Å². The van der Waals surface area contributed by atoms with Gasteiger partial charge >= 0.3 is 0 Å². The van der Waals surface area contributed by atoms with E-state index in [4.69, 9.17) is 11.5 Å². The van der Waals surface area contributed by atoms with E-state index in [2.05, 4.69) is 55.5 Å². The zero-order valence-electron chi connectivity index (χ0n) is 39.2. The van der Waals surface area contributed by atoms with Crippen molar-refractivity contribution in [2.24, 2.45) is 23.3 Å². The van der Waals surface area contributed by atoms with Gasteiger partial charge in [0.15, 0.2) is 17.3 Å². The largest absolute Gasteiger partial charge is 0.508 e. The van der Waals surface area contributed by atoms with Gasteiger partial charge in [-0.15, -0.1) is 0 Å². The number of phenols is 1. The summed E-state index contributed by atoms with van der Waals surface area (Å²) in [5, 5.41) is 15.7. The topological polar surface area (TPSA) is 199 Å². The summed E-state index contributed by atoms with van der Waals surface area (Å²) >= 11 is 0. The molecule has 0 saturated heterocycles. The van der Waals surface area contributed by atoms with E-state index >= 15 is 0 Å². The first-order valence-corrected chi connectivity index (χ1v) is 23.7. The van der Waals surface area contributed by atoms with Gasteiger partial charge in [-0.05, 0) is 105 Å². The average molecular weight is 879 g/mol. The van der Waals surface area contributed by atoms with Crippen molar-refractivity contribution in [3.63, 3.8) is 0 Å². The van der Waals surface area contributed by atoms with Crippen LogP contribution in [0.1, 0.15) is 132 Å². The second-order valence-corrected chi connectivity index (χ2v) is 18.1. The normalized spacial score (nSPS) is 13.5. The molecule has 0 spiro atoms. The van der Waals surface area contributed by atoms with Crippen LogP contribution in [-0.4, -0.2) is 71.9 Å². The molecule has 2 amide bonds. The van der Waals surface area contributed by atoms with E-state index in [1.807, 2.05) is 31.2 Å². The fourth-order valence-electron chi connectivity index (χ4n) is 7.68. The molecule has 0 radical (unpaired) electrons. The summed E-state index contributed by atoms with van der Waals surface area (Å²) < 4.78 is 0. The first kappa shape index (κ1) is 53.4. The predicted molar refractivity (Wildman–Crippen MR) is 259 cm³/mol. The maximum atomic E-state index is 14.0. The average Bonchev–Trinajstić information content (AvgIpc) is 3.28. The van der Waals surface area contributed by atoms with Crippen LogP contribution in [0.3, 0.4) is 0 Å². The van der Waals surface area contributed by atoms with Crippen LogP contribution in [0.15, 0.2) is 72.8 Å². The molecule has 3 rings (SSSR count). The maximum absolute atomic E-state index is 14.0. The van der Waals surface area contributed by atoms with Crippen LogP contribution >= 0.6 is 0 Å². The molecule has 3 aromatic carbocycles. The van der Waals surface area contributed by atoms with E-state index < -0.39 is 35.7 Å². The standard InChI is InChI=1S/C52H75BN4O7/c1-6-7-13-38-18-22-40(23-19-38)41-24-26-42(27-25-41)48(60)17-12-15-45(59)35-43(14-8-10-30-54)52(64)57-47(34-39-20-28-44(58)29-21-39)49(61)32-36(2)51(63)56-46(16-9-11-31-55)50(62)33-37(3)53(4)5/h18-29,36-37,43,46-47,58H,6-17,30-35,54-55H2,1-5H3,(H,56,63)(H,57,64)/t36-,37-,43-,46+,47+/m1/s1. The Labute approximate surface area is 382 Å². The molecule has 0 aliphatic heterocycles. The number of carbonyl (C=O) groups is 6. The molecule has 64 heavy (non-hydrogen) atoms. The van der Waals surface area contributed by atoms with E-state index in [1.54, 1.807) is 19.1 Å². The highest BCUT2D eigenvalue weighted by atomic mass is 16.3. The van der Waals surface area contributed by atoms with Crippen molar-refractivity contribution in [3.05, 3.63) is 89.5 Å². The minimum Gasteiger partial charge on any atom is -0.508 e. The number of phenolic OH excluding ortho intramolecular Hbond substituents is 1. The van der Waals surface area contributed by atoms with Gasteiger partial charge in [0, 0.05) is 49.5 Å². The first-order chi connectivity index (χ1) is 30.6. The molecule has 0 aromatic heterocycles. The van der Waals surface area contributed by atoms with E-state index in [9.17, 15) is 33.9 Å². The van der Waals surface area contributed by atoms with Crippen LogP contribution in [0.4, 0.5) is 0 Å². The van der Waals surface area contributed by atoms with Gasteiger partial charge in [-0.25, -0.2) is 0 Å². The number of benzene rings is 3. The smallest absolute Gasteiger partial charge is 0.224 e. The lowest BCUT2D eigenvalue weighted by atomic mass is 9.44. The van der Waals surface area contributed by atoms with Gasteiger partial charge in [0.05, 0.1) is 12.1 Å². The summed E-state index contributed by atoms with van der Waals surface area (Å²) in [7, 11) is 0. The van der Waals surface area contributed by atoms with Gasteiger partial charge in [0.2, 0.25) is 11.8 Å². The second-order valence-electron chi connectivity index (χ2n) is 18.1. The molecule has 11 nitrogen and oxygen atoms in total. The van der Waals surface area contributed by atoms with Gasteiger partial charge in [0.1, 0.15) is 18.2 Å². The summed E-state index contributed by atoms with van der Waals surface area (Å²) in [6.45, 7) is 11.1. The zero-order chi connectivity index (χ0) is 47.0. The van der Waals surface area contributed by atoms with Crippen LogP contribution in [0.2, 0.25) is 19.5 Å². The van der Waals surface area contributed by atoms with Crippen LogP contribution in [0.25, 0.3) is 11.1 Å². The van der Waals surface area contributed by atoms with Crippen molar-refractivity contribution in [1.29, 1.82) is 0 Å². The van der Waals surface area contributed by atoms with Crippen LogP contribution in [0.5, 0.6) is 5.75 Å². The van der Waals surface area contributed by atoms with Gasteiger partial charge < -0.3 is 27.2 Å². The molecule has 3 aromatic rings. The number of rotatable bonds is 32. The number of amides is 2. The Balaban J connectivity index is 1.66. The fraction of sp³-hybridized carbons (Fsp3) is 0.538. The van der Waals surface area contributed by atoms with Crippen molar-refractivity contribution < 1.29 is 33.9 Å². The molecule has 0 bridgehead atoms. The third-order valence-corrected chi connectivity index (χ3v) is 12.4. The van der Waals surface area contributed by atoms with Crippen molar-refractivity contribution in [2.45, 2.75) is 155 Å². The van der Waals surface area contributed by atoms with Crippen molar-refractivity contribution in [3.8, 4) is 16.9 Å². The Kier molecular flexibility index (Phi) is 24.0. The summed E-state index contributed by atoms with van der Waals surface area (Å²) in [6, 6.07) is 20.7. The summed E-state index contributed by atoms with van der Waals surface area (Å²) in [6.07, 6.45) is 7.71. The van der Waals surface area contributed by atoms with E-state index in [0.717, 1.165) is 36.8 Å². The monoisotopic (exact) mass is 879 g/mol. The Morgan fingerprint density at radius 1 is 0.625 bits per heavy atom. The van der Waals surface area contributed by atoms with Gasteiger partial charge in [-0.1, -0.05) is 114 Å². The molecular weight excluding hydrogens is 803 g/mol. The first-order valence-electron chi connectivity index (χ1n) is 23.7. The molecule has 0 fully saturated rings. The molecule has 0 saturated carbocycles. The Hall–Kier alpha value is -4.94. The fourth-order valence-corrected chi connectivity index (χ4v) is 7.68. The zero-order valence-corrected chi connectivity index (χ0v) is 39.2. The Morgan fingerprint density at radius 2 is 1.19 bits per heavy atom. The highest BCUT2D eigenvalue weighted by Gasteiger charge is 2.31. The molecular formula is C52H75BN4O7.